The summed E-state index contributed by atoms with van der Waals surface area (Å²) in [5.74, 6) is 0.888. The van der Waals surface area contributed by atoms with E-state index in [4.69, 9.17) is 17.0 Å². The maximum Gasteiger partial charge on any atom is 0.166 e. The van der Waals surface area contributed by atoms with Crippen molar-refractivity contribution >= 4 is 17.3 Å². The molecule has 1 rings (SSSR count). The number of ether oxygens (including phenoxy) is 1. The smallest absolute Gasteiger partial charge is 0.166 e. The largest absolute Gasteiger partial charge is 0.497 e. The lowest BCUT2D eigenvalue weighted by molar-refractivity contribution is 0.414. The summed E-state index contributed by atoms with van der Waals surface area (Å²) in [5.41, 5.74) is 1.27. The van der Waals surface area contributed by atoms with E-state index in [1.165, 1.54) is 5.56 Å². The van der Waals surface area contributed by atoms with Crippen LogP contribution in [0.1, 0.15) is 19.4 Å². The van der Waals surface area contributed by atoms with Crippen molar-refractivity contribution in [3.8, 4) is 5.75 Å². The van der Waals surface area contributed by atoms with Crippen LogP contribution in [0.15, 0.2) is 24.3 Å². The van der Waals surface area contributed by atoms with E-state index in [0.29, 0.717) is 11.2 Å². The molecule has 0 saturated carbocycles. The Kier molecular flexibility index (Phi) is 5.77. The minimum atomic E-state index is 0.371. The quantitative estimate of drug-likeness (QED) is 0.786. The Morgan fingerprint density at radius 3 is 2.47 bits per heavy atom. The van der Waals surface area contributed by atoms with Gasteiger partial charge in [-0.25, -0.2) is 0 Å². The average molecular weight is 252 g/mol. The molecule has 0 aliphatic rings. The number of benzene rings is 1. The fourth-order valence-corrected chi connectivity index (χ4v) is 1.76. The zero-order chi connectivity index (χ0) is 12.7. The molecule has 0 radical (unpaired) electrons. The Morgan fingerprint density at radius 1 is 1.29 bits per heavy atom. The number of rotatable bonds is 5. The molecule has 1 aromatic carbocycles. The van der Waals surface area contributed by atoms with Crippen molar-refractivity contribution in [3.05, 3.63) is 29.8 Å². The highest BCUT2D eigenvalue weighted by molar-refractivity contribution is 7.80. The lowest BCUT2D eigenvalue weighted by atomic mass is 10.1. The summed E-state index contributed by atoms with van der Waals surface area (Å²) < 4.78 is 5.11. The van der Waals surface area contributed by atoms with E-state index in [1.54, 1.807) is 7.11 Å². The summed E-state index contributed by atoms with van der Waals surface area (Å²) in [6.45, 7) is 4.97. The summed E-state index contributed by atoms with van der Waals surface area (Å²) in [4.78, 5) is 0. The molecule has 0 bridgehead atoms. The minimum absolute atomic E-state index is 0.371. The van der Waals surface area contributed by atoms with Crippen LogP contribution in [0.2, 0.25) is 0 Å². The number of thiocarbonyl (C=S) groups is 1. The third kappa shape index (κ3) is 5.54. The molecular formula is C13H20N2OS. The van der Waals surface area contributed by atoms with Gasteiger partial charge in [-0.15, -0.1) is 0 Å². The van der Waals surface area contributed by atoms with Gasteiger partial charge in [-0.3, -0.25) is 0 Å². The van der Waals surface area contributed by atoms with Crippen LogP contribution in [0.3, 0.4) is 0 Å². The molecule has 0 atom stereocenters. The molecule has 4 heteroatoms. The van der Waals surface area contributed by atoms with E-state index in [-0.39, 0.29) is 0 Å². The average Bonchev–Trinajstić information content (AvgIpc) is 2.29. The van der Waals surface area contributed by atoms with Crippen molar-refractivity contribution in [3.63, 3.8) is 0 Å². The Morgan fingerprint density at radius 2 is 1.94 bits per heavy atom. The highest BCUT2D eigenvalue weighted by atomic mass is 32.1. The van der Waals surface area contributed by atoms with Crippen molar-refractivity contribution in [2.45, 2.75) is 26.3 Å². The van der Waals surface area contributed by atoms with E-state index in [0.717, 1.165) is 18.7 Å². The first kappa shape index (κ1) is 13.8. The van der Waals surface area contributed by atoms with E-state index in [9.17, 15) is 0 Å². The first-order valence-corrected chi connectivity index (χ1v) is 6.20. The van der Waals surface area contributed by atoms with E-state index in [1.807, 2.05) is 12.1 Å². The summed E-state index contributed by atoms with van der Waals surface area (Å²) in [7, 11) is 1.67. The van der Waals surface area contributed by atoms with Crippen LogP contribution in [0.4, 0.5) is 0 Å². The third-order valence-electron chi connectivity index (χ3n) is 2.28. The maximum absolute atomic E-state index is 5.14. The minimum Gasteiger partial charge on any atom is -0.497 e. The highest BCUT2D eigenvalue weighted by Crippen LogP contribution is 2.11. The van der Waals surface area contributed by atoms with Gasteiger partial charge in [-0.1, -0.05) is 12.1 Å². The molecule has 0 saturated heterocycles. The molecule has 0 unspecified atom stereocenters. The summed E-state index contributed by atoms with van der Waals surface area (Å²) in [6.07, 6.45) is 0.948. The molecule has 0 heterocycles. The standard InChI is InChI=1S/C13H20N2OS/c1-10(2)15-13(17)14-9-8-11-4-6-12(16-3)7-5-11/h4-7,10H,8-9H2,1-3H3,(H2,14,15,17). The Bertz CT molecular complexity index is 349. The van der Waals surface area contributed by atoms with Crippen molar-refractivity contribution in [2.24, 2.45) is 0 Å². The van der Waals surface area contributed by atoms with Gasteiger partial charge in [-0.05, 0) is 50.2 Å². The van der Waals surface area contributed by atoms with Gasteiger partial charge in [0, 0.05) is 12.6 Å². The van der Waals surface area contributed by atoms with Crippen molar-refractivity contribution in [1.29, 1.82) is 0 Å². The normalized spacial score (nSPS) is 10.1. The van der Waals surface area contributed by atoms with Gasteiger partial charge in [0.2, 0.25) is 0 Å². The molecular weight excluding hydrogens is 232 g/mol. The van der Waals surface area contributed by atoms with Gasteiger partial charge in [-0.2, -0.15) is 0 Å². The highest BCUT2D eigenvalue weighted by Gasteiger charge is 1.98. The van der Waals surface area contributed by atoms with Crippen molar-refractivity contribution < 1.29 is 4.74 Å². The Labute approximate surface area is 109 Å². The second-order valence-corrected chi connectivity index (χ2v) is 4.56. The number of methoxy groups -OCH3 is 1. The molecule has 3 nitrogen and oxygen atoms in total. The number of hydrogen-bond donors (Lipinski definition) is 2. The van der Waals surface area contributed by atoms with Gasteiger partial charge in [0.05, 0.1) is 7.11 Å². The van der Waals surface area contributed by atoms with Crippen molar-refractivity contribution in [2.75, 3.05) is 13.7 Å². The monoisotopic (exact) mass is 252 g/mol. The first-order valence-electron chi connectivity index (χ1n) is 5.79. The Balaban J connectivity index is 2.28. The SMILES string of the molecule is COc1ccc(CCNC(=S)NC(C)C)cc1. The van der Waals surface area contributed by atoms with E-state index >= 15 is 0 Å². The molecule has 0 aliphatic carbocycles. The summed E-state index contributed by atoms with van der Waals surface area (Å²) in [5, 5.41) is 7.04. The molecule has 17 heavy (non-hydrogen) atoms. The molecule has 0 spiro atoms. The second-order valence-electron chi connectivity index (χ2n) is 4.15. The molecule has 2 N–H and O–H groups in total. The van der Waals surface area contributed by atoms with Crippen LogP contribution < -0.4 is 15.4 Å². The van der Waals surface area contributed by atoms with Crippen LogP contribution in [0.25, 0.3) is 0 Å². The molecule has 0 aliphatic heterocycles. The zero-order valence-electron chi connectivity index (χ0n) is 10.6. The van der Waals surface area contributed by atoms with Gasteiger partial charge in [0.25, 0.3) is 0 Å². The van der Waals surface area contributed by atoms with Crippen LogP contribution in [-0.4, -0.2) is 24.8 Å². The molecule has 0 fully saturated rings. The molecule has 0 aromatic heterocycles. The van der Waals surface area contributed by atoms with E-state index in [2.05, 4.69) is 36.6 Å². The fraction of sp³-hybridized carbons (Fsp3) is 0.462. The van der Waals surface area contributed by atoms with Crippen molar-refractivity contribution in [1.82, 2.24) is 10.6 Å². The third-order valence-corrected chi connectivity index (χ3v) is 2.54. The predicted molar refractivity (Wildman–Crippen MR) is 75.6 cm³/mol. The lowest BCUT2D eigenvalue weighted by Gasteiger charge is -2.13. The summed E-state index contributed by atoms with van der Waals surface area (Å²) >= 11 is 5.14. The number of nitrogens with one attached hydrogen (secondary N) is 2. The molecule has 1 aromatic rings. The van der Waals surface area contributed by atoms with E-state index < -0.39 is 0 Å². The predicted octanol–water partition coefficient (Wildman–Crippen LogP) is 2.11. The Hall–Kier alpha value is -1.29. The zero-order valence-corrected chi connectivity index (χ0v) is 11.4. The topological polar surface area (TPSA) is 33.3 Å². The fourth-order valence-electron chi connectivity index (χ4n) is 1.43. The lowest BCUT2D eigenvalue weighted by Crippen LogP contribution is -2.40. The van der Waals surface area contributed by atoms with Gasteiger partial charge >= 0.3 is 0 Å². The van der Waals surface area contributed by atoms with Gasteiger partial charge in [0.1, 0.15) is 5.75 Å². The molecule has 94 valence electrons. The summed E-state index contributed by atoms with van der Waals surface area (Å²) in [6, 6.07) is 8.45. The van der Waals surface area contributed by atoms with Gasteiger partial charge in [0.15, 0.2) is 5.11 Å². The number of hydrogen-bond acceptors (Lipinski definition) is 2. The maximum atomic E-state index is 5.14. The van der Waals surface area contributed by atoms with Crippen LogP contribution >= 0.6 is 12.2 Å². The van der Waals surface area contributed by atoms with Crippen LogP contribution in [0, 0.1) is 0 Å². The first-order chi connectivity index (χ1) is 8.11. The second kappa shape index (κ2) is 7.12. The van der Waals surface area contributed by atoms with Crippen LogP contribution in [-0.2, 0) is 6.42 Å². The molecule has 0 amide bonds. The van der Waals surface area contributed by atoms with Crippen LogP contribution in [0.5, 0.6) is 5.75 Å². The van der Waals surface area contributed by atoms with Gasteiger partial charge < -0.3 is 15.4 Å².